The van der Waals surface area contributed by atoms with Gasteiger partial charge in [-0.25, -0.2) is 18.2 Å². The lowest BCUT2D eigenvalue weighted by atomic mass is 10.3. The molecule has 1 atom stereocenters. The summed E-state index contributed by atoms with van der Waals surface area (Å²) in [5.74, 6) is -3.03. The average molecular weight is 331 g/mol. The van der Waals surface area contributed by atoms with Gasteiger partial charge >= 0.3 is 5.97 Å². The summed E-state index contributed by atoms with van der Waals surface area (Å²) in [6, 6.07) is -1.46. The molecule has 2 N–H and O–H groups in total. The lowest BCUT2D eigenvalue weighted by Gasteiger charge is -2.12. The number of fused-ring (bicyclic) bond motifs is 1. The predicted octanol–water partition coefficient (Wildman–Crippen LogP) is -0.100. The second-order valence-electron chi connectivity index (χ2n) is 4.47. The lowest BCUT2D eigenvalue weighted by Crippen LogP contribution is -2.44. The number of aliphatic carboxylic acids is 1. The highest BCUT2D eigenvalue weighted by Crippen LogP contribution is 2.14. The highest BCUT2D eigenvalue weighted by Gasteiger charge is 2.26. The second-order valence-corrected chi connectivity index (χ2v) is 7.45. The summed E-state index contributed by atoms with van der Waals surface area (Å²) in [6.07, 6.45) is 3.33. The van der Waals surface area contributed by atoms with Crippen LogP contribution in [0.5, 0.6) is 0 Å². The van der Waals surface area contributed by atoms with Gasteiger partial charge in [-0.15, -0.1) is 11.3 Å². The molecule has 0 bridgehead atoms. The Bertz CT molecular complexity index is 748. The molecule has 8 nitrogen and oxygen atoms in total. The molecule has 0 aromatic carbocycles. The van der Waals surface area contributed by atoms with E-state index in [1.54, 1.807) is 16.8 Å². The summed E-state index contributed by atoms with van der Waals surface area (Å²) < 4.78 is 25.8. The topological polar surface area (TPSA) is 118 Å². The smallest absolute Gasteiger partial charge is 0.327 e. The van der Waals surface area contributed by atoms with E-state index in [9.17, 15) is 18.0 Å². The fourth-order valence-electron chi connectivity index (χ4n) is 1.80. The molecule has 2 aromatic heterocycles. The zero-order chi connectivity index (χ0) is 15.6. The lowest BCUT2D eigenvalue weighted by molar-refractivity contribution is -0.140. The van der Waals surface area contributed by atoms with Crippen molar-refractivity contribution in [1.29, 1.82) is 0 Å². The van der Waals surface area contributed by atoms with Gasteiger partial charge in [-0.3, -0.25) is 9.20 Å². The molecule has 0 radical (unpaired) electrons. The van der Waals surface area contributed by atoms with Gasteiger partial charge in [0.25, 0.3) is 0 Å². The quantitative estimate of drug-likeness (QED) is 0.763. The normalized spacial score (nSPS) is 13.2. The number of sulfone groups is 1. The van der Waals surface area contributed by atoms with Crippen LogP contribution >= 0.6 is 11.3 Å². The number of aromatic nitrogens is 2. The zero-order valence-corrected chi connectivity index (χ0v) is 12.6. The number of imidazole rings is 1. The van der Waals surface area contributed by atoms with Crippen molar-refractivity contribution in [2.24, 2.45) is 0 Å². The van der Waals surface area contributed by atoms with Crippen molar-refractivity contribution in [3.63, 3.8) is 0 Å². The van der Waals surface area contributed by atoms with E-state index in [1.807, 2.05) is 5.38 Å². The minimum absolute atomic E-state index is 0.341. The Hall–Kier alpha value is -1.94. The Morgan fingerprint density at radius 2 is 2.24 bits per heavy atom. The molecule has 0 aliphatic rings. The molecule has 21 heavy (non-hydrogen) atoms. The number of rotatable bonds is 6. The number of nitrogens with zero attached hydrogens (tertiary/aromatic N) is 2. The molecule has 0 aliphatic heterocycles. The average Bonchev–Trinajstić information content (AvgIpc) is 2.86. The molecule has 0 unspecified atom stereocenters. The summed E-state index contributed by atoms with van der Waals surface area (Å²) in [5.41, 5.74) is 0.341. The van der Waals surface area contributed by atoms with Gasteiger partial charge in [-0.1, -0.05) is 0 Å². The summed E-state index contributed by atoms with van der Waals surface area (Å²) >= 11 is 1.37. The Balaban J connectivity index is 2.11. The third-order valence-corrected chi connectivity index (χ3v) is 4.95. The van der Waals surface area contributed by atoms with Crippen molar-refractivity contribution in [2.75, 3.05) is 5.75 Å². The van der Waals surface area contributed by atoms with Gasteiger partial charge in [0, 0.05) is 24.7 Å². The van der Waals surface area contributed by atoms with Crippen LogP contribution in [-0.4, -0.2) is 46.6 Å². The second kappa shape index (κ2) is 5.82. The molecule has 1 amide bonds. The van der Waals surface area contributed by atoms with E-state index in [0.29, 0.717) is 10.7 Å². The molecule has 114 valence electrons. The van der Waals surface area contributed by atoms with Crippen LogP contribution in [0.4, 0.5) is 0 Å². The highest BCUT2D eigenvalue weighted by atomic mass is 32.2. The summed E-state index contributed by atoms with van der Waals surface area (Å²) in [5, 5.41) is 12.9. The van der Waals surface area contributed by atoms with Crippen molar-refractivity contribution in [3.05, 3.63) is 23.5 Å². The predicted molar refractivity (Wildman–Crippen MR) is 75.8 cm³/mol. The van der Waals surface area contributed by atoms with E-state index in [2.05, 4.69) is 10.3 Å². The fourth-order valence-corrected chi connectivity index (χ4v) is 3.96. The van der Waals surface area contributed by atoms with Crippen molar-refractivity contribution in [2.45, 2.75) is 18.7 Å². The first-order valence-corrected chi connectivity index (χ1v) is 8.58. The molecule has 0 aliphatic carbocycles. The molecule has 0 saturated heterocycles. The van der Waals surface area contributed by atoms with Gasteiger partial charge in [0.2, 0.25) is 5.91 Å². The Morgan fingerprint density at radius 3 is 2.81 bits per heavy atom. The molecule has 2 heterocycles. The number of amides is 1. The number of carboxylic acids is 1. The minimum Gasteiger partial charge on any atom is -0.480 e. The molecule has 0 spiro atoms. The molecule has 0 saturated carbocycles. The molecule has 0 fully saturated rings. The van der Waals surface area contributed by atoms with Gasteiger partial charge in [0.1, 0.15) is 6.04 Å². The number of hydrogen-bond acceptors (Lipinski definition) is 6. The standard InChI is InChI=1S/C11H13N3O5S2/c1-7(15)12-9(10(16)17)6-21(18,19)5-8-4-14-2-3-20-11(14)13-8/h2-4,9H,5-6H2,1H3,(H,12,15)(H,16,17)/t9-/m0/s1. The van der Waals surface area contributed by atoms with Crippen molar-refractivity contribution >= 4 is 38.0 Å². The number of carbonyl (C=O) groups is 2. The van der Waals surface area contributed by atoms with Crippen LogP contribution in [0.2, 0.25) is 0 Å². The molecule has 10 heteroatoms. The maximum absolute atomic E-state index is 12.0. The maximum Gasteiger partial charge on any atom is 0.327 e. The van der Waals surface area contributed by atoms with Crippen LogP contribution < -0.4 is 5.32 Å². The largest absolute Gasteiger partial charge is 0.480 e. The summed E-state index contributed by atoms with van der Waals surface area (Å²) in [6.45, 7) is 1.13. The zero-order valence-electron chi connectivity index (χ0n) is 11.0. The third-order valence-electron chi connectivity index (χ3n) is 2.61. The van der Waals surface area contributed by atoms with E-state index in [4.69, 9.17) is 5.11 Å². The first kappa shape index (κ1) is 15.4. The number of carbonyl (C=O) groups excluding carboxylic acids is 1. The Morgan fingerprint density at radius 1 is 1.52 bits per heavy atom. The summed E-state index contributed by atoms with van der Waals surface area (Å²) in [7, 11) is -3.72. The van der Waals surface area contributed by atoms with Gasteiger partial charge < -0.3 is 10.4 Å². The van der Waals surface area contributed by atoms with E-state index < -0.39 is 33.5 Å². The van der Waals surface area contributed by atoms with Crippen LogP contribution in [0.1, 0.15) is 12.6 Å². The van der Waals surface area contributed by atoms with Crippen LogP contribution in [0, 0.1) is 0 Å². The van der Waals surface area contributed by atoms with Gasteiger partial charge in [-0.2, -0.15) is 0 Å². The van der Waals surface area contributed by atoms with E-state index >= 15 is 0 Å². The Labute approximate surface area is 124 Å². The molecule has 2 aromatic rings. The first-order chi connectivity index (χ1) is 9.77. The van der Waals surface area contributed by atoms with Gasteiger partial charge in [-0.05, 0) is 0 Å². The summed E-state index contributed by atoms with van der Waals surface area (Å²) in [4.78, 5) is 26.7. The Kier molecular flexibility index (Phi) is 4.28. The van der Waals surface area contributed by atoms with Crippen molar-refractivity contribution in [1.82, 2.24) is 14.7 Å². The molecular formula is C11H13N3O5S2. The van der Waals surface area contributed by atoms with Crippen LogP contribution in [0.3, 0.4) is 0 Å². The van der Waals surface area contributed by atoms with Crippen LogP contribution in [0.15, 0.2) is 17.8 Å². The van der Waals surface area contributed by atoms with Crippen molar-refractivity contribution < 1.29 is 23.1 Å². The molecule has 2 rings (SSSR count). The number of carboxylic acid groups (broad SMARTS) is 1. The molecular weight excluding hydrogens is 318 g/mol. The van der Waals surface area contributed by atoms with Gasteiger partial charge in [0.15, 0.2) is 14.8 Å². The maximum atomic E-state index is 12.0. The van der Waals surface area contributed by atoms with E-state index in [-0.39, 0.29) is 5.75 Å². The number of thiazole rings is 1. The van der Waals surface area contributed by atoms with Crippen LogP contribution in [0.25, 0.3) is 4.96 Å². The first-order valence-electron chi connectivity index (χ1n) is 5.88. The monoisotopic (exact) mass is 331 g/mol. The number of nitrogens with one attached hydrogen (secondary N) is 1. The van der Waals surface area contributed by atoms with Crippen LogP contribution in [-0.2, 0) is 25.2 Å². The fraction of sp³-hybridized carbons (Fsp3) is 0.364. The minimum atomic E-state index is -3.72. The SMILES string of the molecule is CC(=O)N[C@@H](CS(=O)(=O)Cc1cn2ccsc2n1)C(=O)O. The van der Waals surface area contributed by atoms with Gasteiger partial charge in [0.05, 0.1) is 17.2 Å². The van der Waals surface area contributed by atoms with Crippen molar-refractivity contribution in [3.8, 4) is 0 Å². The third kappa shape index (κ3) is 4.02. The van der Waals surface area contributed by atoms with E-state index in [0.717, 1.165) is 6.92 Å². The van der Waals surface area contributed by atoms with E-state index in [1.165, 1.54) is 11.3 Å². The highest BCUT2D eigenvalue weighted by molar-refractivity contribution is 7.90. The number of hydrogen-bond donors (Lipinski definition) is 2.